The van der Waals surface area contributed by atoms with E-state index < -0.39 is 40.8 Å². The molecule has 0 saturated carbocycles. The number of imide groups is 1. The molecule has 4 rings (SSSR count). The van der Waals surface area contributed by atoms with Crippen molar-refractivity contribution in [1.82, 2.24) is 10.2 Å². The van der Waals surface area contributed by atoms with Gasteiger partial charge in [0, 0.05) is 37.7 Å². The molecule has 2 saturated heterocycles. The van der Waals surface area contributed by atoms with Crippen LogP contribution in [0, 0.1) is 12.3 Å². The summed E-state index contributed by atoms with van der Waals surface area (Å²) in [5.74, 6) is -2.43. The summed E-state index contributed by atoms with van der Waals surface area (Å²) in [4.78, 5) is 40.3. The monoisotopic (exact) mass is 518 g/mol. The largest absolute Gasteiger partial charge is 0.496 e. The van der Waals surface area contributed by atoms with Crippen molar-refractivity contribution in [1.29, 1.82) is 0 Å². The van der Waals surface area contributed by atoms with Crippen molar-refractivity contribution in [2.75, 3.05) is 27.3 Å². The predicted octanol–water partition coefficient (Wildman–Crippen LogP) is 3.85. The number of ether oxygens (including phenoxy) is 2. The number of nitrogens with one attached hydrogen (secondary N) is 1. The topological polar surface area (TPSA) is 84.9 Å². The van der Waals surface area contributed by atoms with Gasteiger partial charge in [-0.1, -0.05) is 48.0 Å². The Bertz CT molecular complexity index is 1190. The zero-order chi connectivity index (χ0) is 27.0. The third-order valence-electron chi connectivity index (χ3n) is 7.58. The molecule has 2 aromatic carbocycles. The highest BCUT2D eigenvalue weighted by molar-refractivity contribution is 6.02. The van der Waals surface area contributed by atoms with E-state index in [0.717, 1.165) is 17.6 Å². The van der Waals surface area contributed by atoms with Crippen molar-refractivity contribution in [2.24, 2.45) is 5.41 Å². The minimum atomic E-state index is -5.02. The van der Waals surface area contributed by atoms with Crippen molar-refractivity contribution < 1.29 is 37.0 Å². The van der Waals surface area contributed by atoms with E-state index in [9.17, 15) is 27.6 Å². The fourth-order valence-electron chi connectivity index (χ4n) is 5.75. The Balaban J connectivity index is 1.69. The van der Waals surface area contributed by atoms with E-state index in [-0.39, 0.29) is 37.9 Å². The second-order valence-electron chi connectivity index (χ2n) is 9.67. The zero-order valence-corrected chi connectivity index (χ0v) is 20.9. The van der Waals surface area contributed by atoms with Gasteiger partial charge in [0.1, 0.15) is 5.75 Å². The van der Waals surface area contributed by atoms with Gasteiger partial charge in [-0.3, -0.25) is 19.7 Å². The smallest absolute Gasteiger partial charge is 0.430 e. The molecule has 0 bridgehead atoms. The van der Waals surface area contributed by atoms with Crippen LogP contribution in [0.2, 0.25) is 0 Å². The average Bonchev–Trinajstić information content (AvgIpc) is 2.84. The number of hydrogen-bond donors (Lipinski definition) is 1. The molecule has 1 N–H and O–H groups in total. The van der Waals surface area contributed by atoms with E-state index in [4.69, 9.17) is 9.47 Å². The summed E-state index contributed by atoms with van der Waals surface area (Å²) in [6.45, 7) is 1.73. The first-order valence-electron chi connectivity index (χ1n) is 11.9. The van der Waals surface area contributed by atoms with Gasteiger partial charge in [0.25, 0.3) is 11.5 Å². The van der Waals surface area contributed by atoms with Crippen LogP contribution in [0.1, 0.15) is 41.9 Å². The van der Waals surface area contributed by atoms with Crippen molar-refractivity contribution in [3.05, 3.63) is 65.2 Å². The first kappa shape index (κ1) is 26.7. The van der Waals surface area contributed by atoms with Crippen LogP contribution in [0.5, 0.6) is 5.75 Å². The zero-order valence-electron chi connectivity index (χ0n) is 20.9. The molecule has 2 aliphatic heterocycles. The normalized spacial score (nSPS) is 21.4. The number of aryl methyl sites for hydroxylation is 1. The first-order valence-corrected chi connectivity index (χ1v) is 11.9. The van der Waals surface area contributed by atoms with Crippen molar-refractivity contribution in [3.63, 3.8) is 0 Å². The molecule has 7 nitrogen and oxygen atoms in total. The van der Waals surface area contributed by atoms with Gasteiger partial charge in [-0.05, 0) is 31.2 Å². The molecule has 2 aliphatic rings. The minimum Gasteiger partial charge on any atom is -0.496 e. The van der Waals surface area contributed by atoms with E-state index in [2.05, 4.69) is 5.32 Å². The summed E-state index contributed by atoms with van der Waals surface area (Å²) >= 11 is 0. The van der Waals surface area contributed by atoms with Crippen LogP contribution in [-0.4, -0.2) is 56.1 Å². The van der Waals surface area contributed by atoms with E-state index in [1.54, 1.807) is 12.1 Å². The molecular weight excluding hydrogens is 489 g/mol. The third-order valence-corrected chi connectivity index (χ3v) is 7.58. The van der Waals surface area contributed by atoms with Gasteiger partial charge in [-0.15, -0.1) is 0 Å². The van der Waals surface area contributed by atoms with Crippen LogP contribution < -0.4 is 10.1 Å². The lowest BCUT2D eigenvalue weighted by molar-refractivity contribution is -0.271. The molecule has 1 spiro atoms. The van der Waals surface area contributed by atoms with Crippen molar-refractivity contribution in [2.45, 2.75) is 43.9 Å². The van der Waals surface area contributed by atoms with Gasteiger partial charge in [0.2, 0.25) is 11.8 Å². The minimum absolute atomic E-state index is 0.00983. The van der Waals surface area contributed by atoms with E-state index >= 15 is 0 Å². The highest BCUT2D eigenvalue weighted by atomic mass is 19.4. The summed E-state index contributed by atoms with van der Waals surface area (Å²) < 4.78 is 53.8. The Morgan fingerprint density at radius 3 is 2.27 bits per heavy atom. The van der Waals surface area contributed by atoms with Gasteiger partial charge in [0.15, 0.2) is 0 Å². The molecule has 2 atom stereocenters. The highest BCUT2D eigenvalue weighted by Gasteiger charge is 2.64. The number of halogens is 3. The van der Waals surface area contributed by atoms with Crippen LogP contribution >= 0.6 is 0 Å². The van der Waals surface area contributed by atoms with Gasteiger partial charge in [-0.2, -0.15) is 13.2 Å². The number of nitrogens with zero attached hydrogens (tertiary/aromatic N) is 1. The van der Waals surface area contributed by atoms with Gasteiger partial charge in [-0.25, -0.2) is 0 Å². The molecular formula is C27H29F3N2O5. The number of likely N-dealkylation sites (tertiary alicyclic amines) is 1. The SMILES string of the molecule is COc1ccc(C)cc1C1C(=O)NC(=O)CC12CCN(C(=O)[C@](OC)(c1ccccc1)C(F)(F)F)CC2. The van der Waals surface area contributed by atoms with E-state index in [0.29, 0.717) is 11.3 Å². The summed E-state index contributed by atoms with van der Waals surface area (Å²) in [5.41, 5.74) is -2.86. The number of methoxy groups -OCH3 is 2. The third kappa shape index (κ3) is 4.47. The number of piperidine rings is 2. The van der Waals surface area contributed by atoms with Gasteiger partial charge >= 0.3 is 6.18 Å². The second-order valence-corrected chi connectivity index (χ2v) is 9.67. The molecule has 37 heavy (non-hydrogen) atoms. The molecule has 0 radical (unpaired) electrons. The van der Waals surface area contributed by atoms with Crippen molar-refractivity contribution >= 4 is 17.7 Å². The van der Waals surface area contributed by atoms with E-state index in [1.165, 1.54) is 31.4 Å². The quantitative estimate of drug-likeness (QED) is 0.608. The summed E-state index contributed by atoms with van der Waals surface area (Å²) in [5, 5.41) is 2.40. The Hall–Kier alpha value is -3.40. The summed E-state index contributed by atoms with van der Waals surface area (Å²) in [7, 11) is 2.35. The Labute approximate surface area is 212 Å². The lowest BCUT2D eigenvalue weighted by Gasteiger charge is -2.49. The van der Waals surface area contributed by atoms with Crippen LogP contribution in [0.3, 0.4) is 0 Å². The molecule has 198 valence electrons. The predicted molar refractivity (Wildman–Crippen MR) is 128 cm³/mol. The van der Waals surface area contributed by atoms with Crippen LogP contribution in [-0.2, 0) is 24.7 Å². The standard InChI is InChI=1S/C27H29F3N2O5/c1-17-9-10-20(36-2)19(15-17)22-23(34)31-21(33)16-25(22)11-13-32(14-12-25)24(35)26(37-3,27(28,29)30)18-7-5-4-6-8-18/h4-10,15,22H,11-14,16H2,1-3H3,(H,31,33,34)/t22?,26-/m1/s1. The second kappa shape index (κ2) is 9.81. The molecule has 2 aromatic rings. The number of hydrogen-bond acceptors (Lipinski definition) is 5. The Morgan fingerprint density at radius 2 is 1.70 bits per heavy atom. The maximum Gasteiger partial charge on any atom is 0.430 e. The van der Waals surface area contributed by atoms with E-state index in [1.807, 2.05) is 19.1 Å². The summed E-state index contributed by atoms with van der Waals surface area (Å²) in [6.07, 6.45) is -4.69. The lowest BCUT2D eigenvalue weighted by Crippen LogP contribution is -2.60. The number of amides is 3. The number of rotatable bonds is 5. The fourth-order valence-corrected chi connectivity index (χ4v) is 5.75. The number of benzene rings is 2. The number of alkyl halides is 3. The van der Waals surface area contributed by atoms with Crippen LogP contribution in [0.25, 0.3) is 0 Å². The maximum atomic E-state index is 14.4. The molecule has 0 aromatic heterocycles. The summed E-state index contributed by atoms with van der Waals surface area (Å²) in [6, 6.07) is 12.2. The lowest BCUT2D eigenvalue weighted by atomic mass is 9.62. The Morgan fingerprint density at radius 1 is 1.05 bits per heavy atom. The molecule has 3 amide bonds. The average molecular weight is 519 g/mol. The van der Waals surface area contributed by atoms with Gasteiger partial charge < -0.3 is 14.4 Å². The molecule has 2 fully saturated rings. The molecule has 10 heteroatoms. The number of carbonyl (C=O) groups excluding carboxylic acids is 3. The fraction of sp³-hybridized carbons (Fsp3) is 0.444. The van der Waals surface area contributed by atoms with Crippen LogP contribution in [0.4, 0.5) is 13.2 Å². The molecule has 0 aliphatic carbocycles. The van der Waals surface area contributed by atoms with Crippen LogP contribution in [0.15, 0.2) is 48.5 Å². The Kier molecular flexibility index (Phi) is 7.07. The molecule has 1 unspecified atom stereocenters. The molecule has 2 heterocycles. The van der Waals surface area contributed by atoms with Crippen molar-refractivity contribution in [3.8, 4) is 5.75 Å². The number of carbonyl (C=O) groups is 3. The highest BCUT2D eigenvalue weighted by Crippen LogP contribution is 2.52. The maximum absolute atomic E-state index is 14.4. The van der Waals surface area contributed by atoms with Gasteiger partial charge in [0.05, 0.1) is 13.0 Å². The first-order chi connectivity index (χ1) is 17.5.